The van der Waals surface area contributed by atoms with Crippen molar-refractivity contribution in [3.05, 3.63) is 85.5 Å². The second kappa shape index (κ2) is 12.4. The number of nitro groups is 1. The summed E-state index contributed by atoms with van der Waals surface area (Å²) in [4.78, 5) is 42.1. The molecule has 0 fully saturated rings. The van der Waals surface area contributed by atoms with Crippen molar-refractivity contribution in [2.24, 2.45) is 0 Å². The minimum atomic E-state index is -0.662. The lowest BCUT2D eigenvalue weighted by Gasteiger charge is -2.19. The maximum atomic E-state index is 13.5. The Kier molecular flexibility index (Phi) is 8.82. The number of fused-ring (bicyclic) bond motifs is 2. The molecular formula is C29H34N4O4. The number of aromatic nitrogens is 3. The average Bonchev–Trinajstić information content (AvgIpc) is 2.90. The predicted molar refractivity (Wildman–Crippen MR) is 147 cm³/mol. The molecule has 0 unspecified atom stereocenters. The average molecular weight is 503 g/mol. The van der Waals surface area contributed by atoms with Gasteiger partial charge in [0.15, 0.2) is 5.82 Å². The standard InChI is InChI=1S/C29H34N4O4/c1-2-3-4-5-6-7-8-9-10-14-20-31-25-18-15-19-26(33(36)37)23(25)21-24-27(31)30-29(35)32(28(24)34)22-16-12-11-13-17-22/h11-13,15-19,21H,2-10,14,20H2,1H3. The number of benzene rings is 2. The van der Waals surface area contributed by atoms with Crippen LogP contribution in [0.25, 0.3) is 28.0 Å². The van der Waals surface area contributed by atoms with Gasteiger partial charge in [0.1, 0.15) is 0 Å². The largest absolute Gasteiger partial charge is 0.357 e. The van der Waals surface area contributed by atoms with Gasteiger partial charge in [-0.2, -0.15) is 4.98 Å². The van der Waals surface area contributed by atoms with E-state index in [4.69, 9.17) is 0 Å². The number of hydrogen-bond donors (Lipinski definition) is 0. The molecule has 194 valence electrons. The van der Waals surface area contributed by atoms with E-state index in [0.29, 0.717) is 23.1 Å². The third kappa shape index (κ3) is 5.96. The zero-order valence-corrected chi connectivity index (χ0v) is 21.4. The van der Waals surface area contributed by atoms with Crippen LogP contribution in [0.2, 0.25) is 0 Å². The fourth-order valence-corrected chi connectivity index (χ4v) is 4.97. The number of nitrogens with zero attached hydrogens (tertiary/aromatic N) is 4. The van der Waals surface area contributed by atoms with E-state index in [9.17, 15) is 19.7 Å². The minimum Gasteiger partial charge on any atom is -0.325 e. The van der Waals surface area contributed by atoms with Gasteiger partial charge in [-0.3, -0.25) is 14.9 Å². The number of unbranched alkanes of at least 4 members (excludes halogenated alkanes) is 9. The van der Waals surface area contributed by atoms with E-state index in [1.165, 1.54) is 57.1 Å². The van der Waals surface area contributed by atoms with E-state index in [0.717, 1.165) is 23.8 Å². The van der Waals surface area contributed by atoms with E-state index in [1.807, 2.05) is 0 Å². The molecule has 0 N–H and O–H groups in total. The Morgan fingerprint density at radius 1 is 0.838 bits per heavy atom. The molecule has 2 aliphatic heterocycles. The summed E-state index contributed by atoms with van der Waals surface area (Å²) in [5, 5.41) is 12.1. The van der Waals surface area contributed by atoms with Crippen LogP contribution in [-0.4, -0.2) is 19.0 Å². The fourth-order valence-electron chi connectivity index (χ4n) is 4.97. The van der Waals surface area contributed by atoms with Crippen molar-refractivity contribution in [3.8, 4) is 17.1 Å². The van der Waals surface area contributed by atoms with Gasteiger partial charge >= 0.3 is 5.69 Å². The molecule has 0 atom stereocenters. The highest BCUT2D eigenvalue weighted by molar-refractivity contribution is 5.92. The zero-order valence-electron chi connectivity index (χ0n) is 21.4. The highest BCUT2D eigenvalue weighted by Crippen LogP contribution is 2.31. The third-order valence-corrected chi connectivity index (χ3v) is 6.91. The summed E-state index contributed by atoms with van der Waals surface area (Å²) in [7, 11) is 0. The molecule has 0 bridgehead atoms. The predicted octanol–water partition coefficient (Wildman–Crippen LogP) is 6.48. The van der Waals surface area contributed by atoms with Crippen molar-refractivity contribution >= 4 is 16.6 Å². The third-order valence-electron chi connectivity index (χ3n) is 6.91. The molecule has 8 nitrogen and oxygen atoms in total. The van der Waals surface area contributed by atoms with Crippen molar-refractivity contribution in [3.63, 3.8) is 0 Å². The SMILES string of the molecule is CCCCCCCCCCCCn1c2nc(=O)n(-c3ccccc3)c(=O)c-2cc2c([N+](=O)[O-])cccc21. The van der Waals surface area contributed by atoms with Crippen molar-refractivity contribution in [1.29, 1.82) is 0 Å². The molecule has 0 aromatic heterocycles. The summed E-state index contributed by atoms with van der Waals surface area (Å²) in [6, 6.07) is 15.0. The maximum Gasteiger partial charge on any atom is 0.357 e. The topological polar surface area (TPSA) is 100 Å². The van der Waals surface area contributed by atoms with Crippen LogP contribution in [0.5, 0.6) is 0 Å². The van der Waals surface area contributed by atoms with E-state index in [2.05, 4.69) is 11.9 Å². The van der Waals surface area contributed by atoms with E-state index in [-0.39, 0.29) is 17.1 Å². The van der Waals surface area contributed by atoms with Crippen molar-refractivity contribution in [2.45, 2.75) is 77.7 Å². The molecule has 0 spiro atoms. The lowest BCUT2D eigenvalue weighted by atomic mass is 10.1. The normalized spacial score (nSPS) is 11.4. The van der Waals surface area contributed by atoms with Gasteiger partial charge in [0.25, 0.3) is 11.2 Å². The molecule has 0 radical (unpaired) electrons. The van der Waals surface area contributed by atoms with Crippen LogP contribution in [0, 0.1) is 10.1 Å². The monoisotopic (exact) mass is 502 g/mol. The van der Waals surface area contributed by atoms with Crippen LogP contribution in [-0.2, 0) is 6.54 Å². The van der Waals surface area contributed by atoms with Crippen LogP contribution in [0.4, 0.5) is 5.69 Å². The van der Waals surface area contributed by atoms with Crippen LogP contribution < -0.4 is 11.2 Å². The number of para-hydroxylation sites is 1. The quantitative estimate of drug-likeness (QED) is 0.0901. The molecule has 37 heavy (non-hydrogen) atoms. The lowest BCUT2D eigenvalue weighted by Crippen LogP contribution is -2.36. The lowest BCUT2D eigenvalue weighted by molar-refractivity contribution is -0.383. The second-order valence-corrected chi connectivity index (χ2v) is 9.55. The molecule has 2 aromatic carbocycles. The van der Waals surface area contributed by atoms with Crippen molar-refractivity contribution < 1.29 is 4.92 Å². The number of hydrogen-bond acceptors (Lipinski definition) is 5. The minimum absolute atomic E-state index is 0.0758. The highest BCUT2D eigenvalue weighted by Gasteiger charge is 2.23. The molecule has 0 aliphatic carbocycles. The van der Waals surface area contributed by atoms with Gasteiger partial charge in [-0.25, -0.2) is 9.36 Å². The number of pyridine rings is 1. The summed E-state index contributed by atoms with van der Waals surface area (Å²) >= 11 is 0. The molecule has 2 aliphatic rings. The zero-order chi connectivity index (χ0) is 26.2. The van der Waals surface area contributed by atoms with Gasteiger partial charge in [-0.1, -0.05) is 89.0 Å². The Hall–Kier alpha value is -3.81. The highest BCUT2D eigenvalue weighted by atomic mass is 16.6. The van der Waals surface area contributed by atoms with E-state index < -0.39 is 16.2 Å². The summed E-state index contributed by atoms with van der Waals surface area (Å²) < 4.78 is 2.83. The van der Waals surface area contributed by atoms with E-state index >= 15 is 0 Å². The second-order valence-electron chi connectivity index (χ2n) is 9.55. The van der Waals surface area contributed by atoms with Crippen LogP contribution in [0.15, 0.2) is 64.2 Å². The molecule has 8 heteroatoms. The maximum absolute atomic E-state index is 13.5. The number of non-ortho nitro benzene ring substituents is 1. The van der Waals surface area contributed by atoms with Gasteiger partial charge in [-0.05, 0) is 30.7 Å². The molecule has 2 heterocycles. The first kappa shape index (κ1) is 26.3. The Labute approximate surface area is 216 Å². The Balaban J connectivity index is 1.65. The first-order chi connectivity index (χ1) is 18.0. The van der Waals surface area contributed by atoms with Gasteiger partial charge in [0.2, 0.25) is 0 Å². The summed E-state index contributed by atoms with van der Waals surface area (Å²) in [5.41, 5.74) is -0.0639. The molecule has 0 amide bonds. The van der Waals surface area contributed by atoms with Gasteiger partial charge in [-0.15, -0.1) is 0 Å². The Bertz CT molecular complexity index is 1440. The Morgan fingerprint density at radius 2 is 1.49 bits per heavy atom. The molecule has 2 aromatic rings. The van der Waals surface area contributed by atoms with E-state index in [1.54, 1.807) is 47.0 Å². The first-order valence-electron chi connectivity index (χ1n) is 13.3. The Morgan fingerprint density at radius 3 is 2.14 bits per heavy atom. The van der Waals surface area contributed by atoms with Crippen LogP contribution >= 0.6 is 0 Å². The smallest absolute Gasteiger partial charge is 0.325 e. The van der Waals surface area contributed by atoms with Gasteiger partial charge in [0.05, 0.1) is 27.1 Å². The van der Waals surface area contributed by atoms with Crippen LogP contribution in [0.3, 0.4) is 0 Å². The summed E-state index contributed by atoms with van der Waals surface area (Å²) in [6.45, 7) is 2.74. The fraction of sp³-hybridized carbons (Fsp3) is 0.414. The number of aryl methyl sites for hydroxylation is 1. The molecule has 0 saturated heterocycles. The van der Waals surface area contributed by atoms with Gasteiger partial charge in [0, 0.05) is 12.6 Å². The van der Waals surface area contributed by atoms with Crippen molar-refractivity contribution in [1.82, 2.24) is 14.1 Å². The number of nitro benzene ring substituents is 1. The summed E-state index contributed by atoms with van der Waals surface area (Å²) in [6.07, 6.45) is 11.8. The molecule has 4 rings (SSSR count). The van der Waals surface area contributed by atoms with Crippen LogP contribution in [0.1, 0.15) is 71.1 Å². The number of rotatable bonds is 13. The summed E-state index contributed by atoms with van der Waals surface area (Å²) in [5.74, 6) is 0.270. The van der Waals surface area contributed by atoms with Crippen molar-refractivity contribution in [2.75, 3.05) is 0 Å². The van der Waals surface area contributed by atoms with Gasteiger partial charge < -0.3 is 4.57 Å². The first-order valence-corrected chi connectivity index (χ1v) is 13.3. The molecular weight excluding hydrogens is 468 g/mol. The molecule has 0 saturated carbocycles.